The quantitative estimate of drug-likeness (QED) is 0.864. The first-order chi connectivity index (χ1) is 7.31. The minimum Gasteiger partial charge on any atom is -0.370 e. The van der Waals surface area contributed by atoms with Crippen molar-refractivity contribution in [2.45, 2.75) is 6.54 Å². The number of thioether (sulfide) groups is 1. The normalized spacial score (nSPS) is 16.8. The second-order valence-electron chi connectivity index (χ2n) is 3.58. The molecule has 0 saturated carbocycles. The zero-order valence-corrected chi connectivity index (χ0v) is 10.2. The summed E-state index contributed by atoms with van der Waals surface area (Å²) in [7, 11) is 0. The van der Waals surface area contributed by atoms with E-state index in [0.29, 0.717) is 6.54 Å². The van der Waals surface area contributed by atoms with Gasteiger partial charge in [-0.3, -0.25) is 0 Å². The van der Waals surface area contributed by atoms with E-state index in [4.69, 9.17) is 17.3 Å². The number of rotatable bonds is 2. The standard InChI is InChI=1S/C11H15ClN2S/c12-10-2-1-9(8-13)11(7-10)14-3-5-15-6-4-14/h1-2,7H,3-6,8,13H2. The van der Waals surface area contributed by atoms with Crippen molar-refractivity contribution in [3.63, 3.8) is 0 Å². The van der Waals surface area contributed by atoms with E-state index in [0.717, 1.165) is 18.1 Å². The van der Waals surface area contributed by atoms with Gasteiger partial charge in [0.2, 0.25) is 0 Å². The first-order valence-corrected chi connectivity index (χ1v) is 6.65. The molecular formula is C11H15ClN2S. The summed E-state index contributed by atoms with van der Waals surface area (Å²) in [5, 5.41) is 0.792. The number of nitrogens with two attached hydrogens (primary N) is 1. The summed E-state index contributed by atoms with van der Waals surface area (Å²) >= 11 is 8.03. The Bertz CT molecular complexity index is 337. The van der Waals surface area contributed by atoms with E-state index in [-0.39, 0.29) is 0 Å². The van der Waals surface area contributed by atoms with Gasteiger partial charge in [-0.1, -0.05) is 17.7 Å². The third-order valence-corrected chi connectivity index (χ3v) is 3.80. The molecule has 1 saturated heterocycles. The summed E-state index contributed by atoms with van der Waals surface area (Å²) in [6.07, 6.45) is 0. The van der Waals surface area contributed by atoms with Crippen molar-refractivity contribution in [3.05, 3.63) is 28.8 Å². The van der Waals surface area contributed by atoms with Crippen LogP contribution in [0.5, 0.6) is 0 Å². The molecule has 0 radical (unpaired) electrons. The molecule has 0 aromatic heterocycles. The molecule has 1 aromatic rings. The molecule has 0 bridgehead atoms. The average molecular weight is 243 g/mol. The lowest BCUT2D eigenvalue weighted by Crippen LogP contribution is -2.33. The molecule has 0 aliphatic carbocycles. The van der Waals surface area contributed by atoms with Gasteiger partial charge >= 0.3 is 0 Å². The van der Waals surface area contributed by atoms with E-state index in [1.807, 2.05) is 30.0 Å². The van der Waals surface area contributed by atoms with Crippen LogP contribution in [-0.2, 0) is 6.54 Å². The molecule has 0 amide bonds. The fourth-order valence-corrected chi connectivity index (χ4v) is 2.88. The Kier molecular flexibility index (Phi) is 3.78. The lowest BCUT2D eigenvalue weighted by atomic mass is 10.1. The Morgan fingerprint density at radius 2 is 2.07 bits per heavy atom. The van der Waals surface area contributed by atoms with Crippen molar-refractivity contribution in [1.29, 1.82) is 0 Å². The van der Waals surface area contributed by atoms with Gasteiger partial charge < -0.3 is 10.6 Å². The first kappa shape index (κ1) is 11.1. The van der Waals surface area contributed by atoms with E-state index in [2.05, 4.69) is 4.90 Å². The van der Waals surface area contributed by atoms with Crippen molar-refractivity contribution in [3.8, 4) is 0 Å². The largest absolute Gasteiger partial charge is 0.370 e. The molecule has 2 rings (SSSR count). The zero-order valence-electron chi connectivity index (χ0n) is 8.58. The molecule has 0 unspecified atom stereocenters. The van der Waals surface area contributed by atoms with Crippen LogP contribution in [0.1, 0.15) is 5.56 Å². The summed E-state index contributed by atoms with van der Waals surface area (Å²) < 4.78 is 0. The number of nitrogens with zero attached hydrogens (tertiary/aromatic N) is 1. The fourth-order valence-electron chi connectivity index (χ4n) is 1.81. The maximum atomic E-state index is 6.02. The molecule has 4 heteroatoms. The molecule has 2 N–H and O–H groups in total. The predicted octanol–water partition coefficient (Wildman–Crippen LogP) is 2.35. The highest BCUT2D eigenvalue weighted by molar-refractivity contribution is 7.99. The van der Waals surface area contributed by atoms with Crippen molar-refractivity contribution < 1.29 is 0 Å². The average Bonchev–Trinajstić information content (AvgIpc) is 2.30. The predicted molar refractivity (Wildman–Crippen MR) is 68.9 cm³/mol. The van der Waals surface area contributed by atoms with Gasteiger partial charge in [0.15, 0.2) is 0 Å². The molecule has 15 heavy (non-hydrogen) atoms. The van der Waals surface area contributed by atoms with Gasteiger partial charge in [-0.25, -0.2) is 0 Å². The van der Waals surface area contributed by atoms with Crippen LogP contribution in [0.2, 0.25) is 5.02 Å². The van der Waals surface area contributed by atoms with Gasteiger partial charge in [-0.2, -0.15) is 11.8 Å². The Hall–Kier alpha value is -0.380. The molecule has 1 aliphatic rings. The fraction of sp³-hybridized carbons (Fsp3) is 0.455. The van der Waals surface area contributed by atoms with E-state index >= 15 is 0 Å². The van der Waals surface area contributed by atoms with Crippen LogP contribution in [0.3, 0.4) is 0 Å². The molecule has 1 aromatic carbocycles. The Balaban J connectivity index is 2.27. The molecule has 0 atom stereocenters. The molecule has 1 heterocycles. The number of hydrogen-bond donors (Lipinski definition) is 1. The van der Waals surface area contributed by atoms with Gasteiger partial charge in [0.05, 0.1) is 0 Å². The number of hydrogen-bond acceptors (Lipinski definition) is 3. The topological polar surface area (TPSA) is 29.3 Å². The van der Waals surface area contributed by atoms with Crippen molar-refractivity contribution in [2.24, 2.45) is 5.73 Å². The lowest BCUT2D eigenvalue weighted by Gasteiger charge is -2.30. The van der Waals surface area contributed by atoms with Gasteiger partial charge in [0.25, 0.3) is 0 Å². The number of benzene rings is 1. The van der Waals surface area contributed by atoms with E-state index in [1.165, 1.54) is 22.8 Å². The summed E-state index contributed by atoms with van der Waals surface area (Å²) in [5.41, 5.74) is 8.13. The summed E-state index contributed by atoms with van der Waals surface area (Å²) in [6.45, 7) is 2.77. The summed E-state index contributed by atoms with van der Waals surface area (Å²) in [4.78, 5) is 2.38. The highest BCUT2D eigenvalue weighted by Gasteiger charge is 2.14. The smallest absolute Gasteiger partial charge is 0.0427 e. The summed E-state index contributed by atoms with van der Waals surface area (Å²) in [6, 6.07) is 5.96. The zero-order chi connectivity index (χ0) is 10.7. The second-order valence-corrected chi connectivity index (χ2v) is 5.24. The van der Waals surface area contributed by atoms with Crippen molar-refractivity contribution in [2.75, 3.05) is 29.5 Å². The molecule has 1 fully saturated rings. The minimum atomic E-state index is 0.580. The SMILES string of the molecule is NCc1ccc(Cl)cc1N1CCSCC1. The Morgan fingerprint density at radius 3 is 2.73 bits per heavy atom. The third kappa shape index (κ3) is 2.60. The Morgan fingerprint density at radius 1 is 1.33 bits per heavy atom. The second kappa shape index (κ2) is 5.10. The van der Waals surface area contributed by atoms with Crippen LogP contribution >= 0.6 is 23.4 Å². The molecule has 82 valence electrons. The van der Waals surface area contributed by atoms with Crippen molar-refractivity contribution in [1.82, 2.24) is 0 Å². The van der Waals surface area contributed by atoms with E-state index in [9.17, 15) is 0 Å². The molecule has 1 aliphatic heterocycles. The minimum absolute atomic E-state index is 0.580. The Labute approximate surface area is 99.8 Å². The van der Waals surface area contributed by atoms with Gasteiger partial charge in [-0.15, -0.1) is 0 Å². The van der Waals surface area contributed by atoms with Gasteiger partial charge in [0.1, 0.15) is 0 Å². The lowest BCUT2D eigenvalue weighted by molar-refractivity contribution is 0.847. The van der Waals surface area contributed by atoms with Crippen LogP contribution in [-0.4, -0.2) is 24.6 Å². The van der Waals surface area contributed by atoms with Crippen LogP contribution in [0.4, 0.5) is 5.69 Å². The van der Waals surface area contributed by atoms with Crippen LogP contribution in [0, 0.1) is 0 Å². The highest BCUT2D eigenvalue weighted by atomic mass is 35.5. The van der Waals surface area contributed by atoms with Gasteiger partial charge in [-0.05, 0) is 17.7 Å². The van der Waals surface area contributed by atoms with Gasteiger partial charge in [0, 0.05) is 41.8 Å². The maximum absolute atomic E-state index is 6.02. The van der Waals surface area contributed by atoms with Crippen LogP contribution in [0.25, 0.3) is 0 Å². The third-order valence-electron chi connectivity index (χ3n) is 2.62. The molecule has 0 spiro atoms. The van der Waals surface area contributed by atoms with Crippen LogP contribution < -0.4 is 10.6 Å². The number of halogens is 1. The first-order valence-electron chi connectivity index (χ1n) is 5.12. The number of anilines is 1. The van der Waals surface area contributed by atoms with Crippen LogP contribution in [0.15, 0.2) is 18.2 Å². The van der Waals surface area contributed by atoms with Crippen molar-refractivity contribution >= 4 is 29.1 Å². The molecule has 2 nitrogen and oxygen atoms in total. The molecular weight excluding hydrogens is 228 g/mol. The monoisotopic (exact) mass is 242 g/mol. The highest BCUT2D eigenvalue weighted by Crippen LogP contribution is 2.26. The van der Waals surface area contributed by atoms with E-state index < -0.39 is 0 Å². The van der Waals surface area contributed by atoms with E-state index in [1.54, 1.807) is 0 Å². The maximum Gasteiger partial charge on any atom is 0.0427 e. The summed E-state index contributed by atoms with van der Waals surface area (Å²) in [5.74, 6) is 2.38.